The molecule has 3 fully saturated rings. The van der Waals surface area contributed by atoms with Crippen LogP contribution in [0.3, 0.4) is 0 Å². The van der Waals surface area contributed by atoms with Gasteiger partial charge in [0.2, 0.25) is 5.91 Å². The van der Waals surface area contributed by atoms with Crippen LogP contribution < -0.4 is 0 Å². The van der Waals surface area contributed by atoms with Gasteiger partial charge in [-0.1, -0.05) is 30.3 Å². The number of aliphatic hydroxyl groups is 1. The van der Waals surface area contributed by atoms with Gasteiger partial charge in [-0.3, -0.25) is 14.6 Å². The summed E-state index contributed by atoms with van der Waals surface area (Å²) >= 11 is 0. The first kappa shape index (κ1) is 20.8. The first-order chi connectivity index (χ1) is 14.2. The minimum absolute atomic E-state index is 0.178. The zero-order valence-corrected chi connectivity index (χ0v) is 17.7. The monoisotopic (exact) mass is 399 g/mol. The Morgan fingerprint density at radius 2 is 1.66 bits per heavy atom. The lowest BCUT2D eigenvalue weighted by Gasteiger charge is -2.43. The van der Waals surface area contributed by atoms with E-state index < -0.39 is 0 Å². The lowest BCUT2D eigenvalue weighted by Crippen LogP contribution is -2.52. The number of carbonyl (C=O) groups excluding carboxylic acids is 1. The molecule has 0 aliphatic carbocycles. The number of benzene rings is 1. The molecule has 0 saturated carbocycles. The van der Waals surface area contributed by atoms with Crippen molar-refractivity contribution >= 4 is 5.91 Å². The maximum Gasteiger partial charge on any atom is 0.226 e. The topological polar surface area (TPSA) is 47.0 Å². The summed E-state index contributed by atoms with van der Waals surface area (Å²) in [6.07, 6.45) is 6.54. The third-order valence-electron chi connectivity index (χ3n) is 7.31. The van der Waals surface area contributed by atoms with Gasteiger partial charge in [0.05, 0.1) is 5.92 Å². The molecule has 29 heavy (non-hydrogen) atoms. The molecule has 3 saturated heterocycles. The normalized spacial score (nSPS) is 26.0. The molecule has 0 aromatic heterocycles. The van der Waals surface area contributed by atoms with Crippen molar-refractivity contribution in [2.24, 2.45) is 11.8 Å². The summed E-state index contributed by atoms with van der Waals surface area (Å²) in [6, 6.07) is 11.4. The van der Waals surface area contributed by atoms with Crippen LogP contribution in [0, 0.1) is 11.8 Å². The first-order valence-corrected chi connectivity index (χ1v) is 11.6. The Bertz CT molecular complexity index is 637. The molecule has 1 amide bonds. The third kappa shape index (κ3) is 5.39. The largest absolute Gasteiger partial charge is 0.396 e. The van der Waals surface area contributed by atoms with Crippen molar-refractivity contribution in [1.82, 2.24) is 14.7 Å². The van der Waals surface area contributed by atoms with Crippen molar-refractivity contribution in [3.63, 3.8) is 0 Å². The van der Waals surface area contributed by atoms with Gasteiger partial charge in [0, 0.05) is 38.8 Å². The highest BCUT2D eigenvalue weighted by atomic mass is 16.3. The SMILES string of the molecule is O=C(C1CCCN(C2CCN(Cc3ccccc3)CC2)C1)N1CCC(CO)CC1. The lowest BCUT2D eigenvalue weighted by molar-refractivity contribution is -0.139. The fourth-order valence-electron chi connectivity index (χ4n) is 5.42. The number of hydrogen-bond donors (Lipinski definition) is 1. The molecular weight excluding hydrogens is 362 g/mol. The van der Waals surface area contributed by atoms with Crippen molar-refractivity contribution in [3.8, 4) is 0 Å². The molecule has 4 rings (SSSR count). The summed E-state index contributed by atoms with van der Waals surface area (Å²) in [4.78, 5) is 20.3. The van der Waals surface area contributed by atoms with E-state index in [1.807, 2.05) is 0 Å². The number of carbonyl (C=O) groups is 1. The van der Waals surface area contributed by atoms with Crippen LogP contribution >= 0.6 is 0 Å². The van der Waals surface area contributed by atoms with E-state index in [9.17, 15) is 9.90 Å². The van der Waals surface area contributed by atoms with Crippen LogP contribution in [0.15, 0.2) is 30.3 Å². The first-order valence-electron chi connectivity index (χ1n) is 11.6. The lowest BCUT2D eigenvalue weighted by atomic mass is 9.91. The van der Waals surface area contributed by atoms with Gasteiger partial charge in [0.25, 0.3) is 0 Å². The Hall–Kier alpha value is -1.43. The van der Waals surface area contributed by atoms with Crippen molar-refractivity contribution in [1.29, 1.82) is 0 Å². The average Bonchev–Trinajstić information content (AvgIpc) is 2.80. The highest BCUT2D eigenvalue weighted by Gasteiger charge is 2.34. The minimum Gasteiger partial charge on any atom is -0.396 e. The molecule has 160 valence electrons. The molecule has 1 aromatic rings. The molecule has 5 heteroatoms. The number of piperidine rings is 3. The predicted octanol–water partition coefficient (Wildman–Crippen LogP) is 2.59. The van der Waals surface area contributed by atoms with Gasteiger partial charge in [0.15, 0.2) is 0 Å². The van der Waals surface area contributed by atoms with Gasteiger partial charge < -0.3 is 10.0 Å². The summed E-state index contributed by atoms with van der Waals surface area (Å²) in [5.74, 6) is 0.937. The number of amides is 1. The van der Waals surface area contributed by atoms with Gasteiger partial charge in [0.1, 0.15) is 0 Å². The zero-order valence-electron chi connectivity index (χ0n) is 17.7. The van der Waals surface area contributed by atoms with Crippen LogP contribution in [0.4, 0.5) is 0 Å². The molecule has 5 nitrogen and oxygen atoms in total. The molecule has 0 spiro atoms. The predicted molar refractivity (Wildman–Crippen MR) is 115 cm³/mol. The van der Waals surface area contributed by atoms with Crippen molar-refractivity contribution in [3.05, 3.63) is 35.9 Å². The molecule has 3 heterocycles. The molecule has 1 unspecified atom stereocenters. The van der Waals surface area contributed by atoms with E-state index in [1.54, 1.807) is 0 Å². The Labute approximate surface area is 175 Å². The number of rotatable bonds is 5. The zero-order chi connectivity index (χ0) is 20.1. The average molecular weight is 400 g/mol. The van der Waals surface area contributed by atoms with Crippen LogP contribution in [0.5, 0.6) is 0 Å². The van der Waals surface area contributed by atoms with E-state index >= 15 is 0 Å². The molecule has 1 N–H and O–H groups in total. The second-order valence-electron chi connectivity index (χ2n) is 9.28. The minimum atomic E-state index is 0.178. The van der Waals surface area contributed by atoms with Crippen LogP contribution in [-0.4, -0.2) is 77.6 Å². The summed E-state index contributed by atoms with van der Waals surface area (Å²) in [5, 5.41) is 9.33. The van der Waals surface area contributed by atoms with Gasteiger partial charge in [-0.25, -0.2) is 0 Å². The maximum absolute atomic E-state index is 13.1. The second-order valence-corrected chi connectivity index (χ2v) is 9.28. The summed E-state index contributed by atoms with van der Waals surface area (Å²) < 4.78 is 0. The number of hydrogen-bond acceptors (Lipinski definition) is 4. The van der Waals surface area contributed by atoms with Crippen molar-refractivity contribution in [2.45, 2.75) is 51.1 Å². The van der Waals surface area contributed by atoms with Gasteiger partial charge in [-0.15, -0.1) is 0 Å². The van der Waals surface area contributed by atoms with Gasteiger partial charge in [-0.2, -0.15) is 0 Å². The second kappa shape index (κ2) is 10.1. The van der Waals surface area contributed by atoms with E-state index in [0.29, 0.717) is 17.9 Å². The van der Waals surface area contributed by atoms with Crippen LogP contribution in [0.1, 0.15) is 44.1 Å². The number of nitrogens with zero attached hydrogens (tertiary/aromatic N) is 3. The summed E-state index contributed by atoms with van der Waals surface area (Å²) in [5.41, 5.74) is 1.40. The molecular formula is C24H37N3O2. The van der Waals surface area contributed by atoms with Crippen LogP contribution in [0.2, 0.25) is 0 Å². The summed E-state index contributed by atoms with van der Waals surface area (Å²) in [6.45, 7) is 7.39. The van der Waals surface area contributed by atoms with Gasteiger partial charge in [-0.05, 0) is 69.6 Å². The Morgan fingerprint density at radius 1 is 0.931 bits per heavy atom. The fourth-order valence-corrected chi connectivity index (χ4v) is 5.42. The molecule has 3 aliphatic rings. The van der Waals surface area contributed by atoms with Crippen LogP contribution in [-0.2, 0) is 11.3 Å². The summed E-state index contributed by atoms with van der Waals surface area (Å²) in [7, 11) is 0. The van der Waals surface area contributed by atoms with Crippen molar-refractivity contribution in [2.75, 3.05) is 45.9 Å². The van der Waals surface area contributed by atoms with Crippen LogP contribution in [0.25, 0.3) is 0 Å². The Kier molecular flexibility index (Phi) is 7.22. The highest BCUT2D eigenvalue weighted by molar-refractivity contribution is 5.79. The molecule has 3 aliphatic heterocycles. The van der Waals surface area contributed by atoms with E-state index in [1.165, 1.54) is 18.4 Å². The fraction of sp³-hybridized carbons (Fsp3) is 0.708. The standard InChI is InChI=1S/C24H37N3O2/c28-19-21-8-15-26(16-9-21)24(29)22-7-4-12-27(18-22)23-10-13-25(14-11-23)17-20-5-2-1-3-6-20/h1-3,5-6,21-23,28H,4,7-19H2. The van der Waals surface area contributed by atoms with E-state index in [4.69, 9.17) is 0 Å². The Balaban J connectivity index is 1.24. The van der Waals surface area contributed by atoms with Crippen molar-refractivity contribution < 1.29 is 9.90 Å². The maximum atomic E-state index is 13.1. The smallest absolute Gasteiger partial charge is 0.226 e. The molecule has 0 bridgehead atoms. The number of likely N-dealkylation sites (tertiary alicyclic amines) is 3. The van der Waals surface area contributed by atoms with E-state index in [2.05, 4.69) is 45.0 Å². The third-order valence-corrected chi connectivity index (χ3v) is 7.31. The highest BCUT2D eigenvalue weighted by Crippen LogP contribution is 2.27. The number of aliphatic hydroxyl groups excluding tert-OH is 1. The van der Waals surface area contributed by atoms with Gasteiger partial charge >= 0.3 is 0 Å². The Morgan fingerprint density at radius 3 is 2.34 bits per heavy atom. The molecule has 1 aromatic carbocycles. The molecule has 0 radical (unpaired) electrons. The van der Waals surface area contributed by atoms with E-state index in [-0.39, 0.29) is 12.5 Å². The van der Waals surface area contributed by atoms with E-state index in [0.717, 1.165) is 71.5 Å². The molecule has 1 atom stereocenters. The quantitative estimate of drug-likeness (QED) is 0.827.